The molecule has 2 N–H and O–H groups in total. The van der Waals surface area contributed by atoms with Gasteiger partial charge in [0.25, 0.3) is 5.91 Å². The molecule has 0 spiro atoms. The molecule has 0 bridgehead atoms. The van der Waals surface area contributed by atoms with Crippen LogP contribution in [0.1, 0.15) is 21.5 Å². The summed E-state index contributed by atoms with van der Waals surface area (Å²) in [5, 5.41) is 6.81. The number of nitrogens with one attached hydrogen (secondary N) is 2. The molecule has 2 aromatic carbocycles. The number of amides is 1. The van der Waals surface area contributed by atoms with Gasteiger partial charge in [0.2, 0.25) is 10.0 Å². The Morgan fingerprint density at radius 2 is 1.81 bits per heavy atom. The zero-order valence-electron chi connectivity index (χ0n) is 15.1. The molecular formula is C18H19N5O3S. The van der Waals surface area contributed by atoms with Crippen molar-refractivity contribution in [3.8, 4) is 5.69 Å². The highest BCUT2D eigenvalue weighted by Crippen LogP contribution is 2.22. The van der Waals surface area contributed by atoms with E-state index in [9.17, 15) is 13.2 Å². The first-order chi connectivity index (χ1) is 12.8. The van der Waals surface area contributed by atoms with E-state index in [-0.39, 0.29) is 16.4 Å². The van der Waals surface area contributed by atoms with E-state index >= 15 is 0 Å². The summed E-state index contributed by atoms with van der Waals surface area (Å²) in [5.74, 6) is -0.390. The fourth-order valence-corrected chi connectivity index (χ4v) is 3.66. The summed E-state index contributed by atoms with van der Waals surface area (Å²) >= 11 is 0. The first-order valence-corrected chi connectivity index (χ1v) is 9.61. The number of carbonyl (C=O) groups is 1. The first-order valence-electron chi connectivity index (χ1n) is 8.13. The zero-order valence-corrected chi connectivity index (χ0v) is 15.9. The molecule has 0 fully saturated rings. The van der Waals surface area contributed by atoms with Gasteiger partial charge in [0.05, 0.1) is 10.6 Å². The lowest BCUT2D eigenvalue weighted by molar-refractivity contribution is 0.102. The SMILES string of the molecule is CNS(=O)(=O)c1cc(C(=O)Nc2ccc(-n3cncn3)cc2)cc(C)c1C. The zero-order chi connectivity index (χ0) is 19.6. The Bertz CT molecular complexity index is 1070. The van der Waals surface area contributed by atoms with E-state index in [1.54, 1.807) is 55.2 Å². The minimum Gasteiger partial charge on any atom is -0.322 e. The third-order valence-electron chi connectivity index (χ3n) is 4.25. The van der Waals surface area contributed by atoms with Crippen molar-refractivity contribution in [2.45, 2.75) is 18.7 Å². The van der Waals surface area contributed by atoms with Crippen molar-refractivity contribution in [3.05, 3.63) is 65.7 Å². The van der Waals surface area contributed by atoms with Gasteiger partial charge >= 0.3 is 0 Å². The Kier molecular flexibility index (Phi) is 5.06. The third kappa shape index (κ3) is 3.88. The molecule has 0 aliphatic heterocycles. The molecule has 140 valence electrons. The molecule has 9 heteroatoms. The molecule has 0 radical (unpaired) electrons. The number of benzene rings is 2. The first kappa shape index (κ1) is 18.7. The molecule has 1 aromatic heterocycles. The van der Waals surface area contributed by atoms with Crippen molar-refractivity contribution in [1.82, 2.24) is 19.5 Å². The number of hydrogen-bond acceptors (Lipinski definition) is 5. The third-order valence-corrected chi connectivity index (χ3v) is 5.79. The van der Waals surface area contributed by atoms with E-state index in [2.05, 4.69) is 20.1 Å². The van der Waals surface area contributed by atoms with Crippen LogP contribution in [0.4, 0.5) is 5.69 Å². The number of aryl methyl sites for hydroxylation is 1. The smallest absolute Gasteiger partial charge is 0.255 e. The van der Waals surface area contributed by atoms with Crippen LogP contribution >= 0.6 is 0 Å². The summed E-state index contributed by atoms with van der Waals surface area (Å²) in [5.41, 5.74) is 2.99. The Labute approximate surface area is 157 Å². The Morgan fingerprint density at radius 1 is 1.11 bits per heavy atom. The van der Waals surface area contributed by atoms with Gasteiger partial charge < -0.3 is 5.32 Å². The standard InChI is InChI=1S/C18H19N5O3S/c1-12-8-14(9-17(13(12)2)27(25,26)19-3)18(24)22-15-4-6-16(7-5-15)23-11-20-10-21-23/h4-11,19H,1-3H3,(H,22,24). The average Bonchev–Trinajstić information content (AvgIpc) is 3.19. The number of aromatic nitrogens is 3. The van der Waals surface area contributed by atoms with Crippen LogP contribution in [0.3, 0.4) is 0 Å². The van der Waals surface area contributed by atoms with E-state index in [0.29, 0.717) is 11.3 Å². The summed E-state index contributed by atoms with van der Waals surface area (Å²) in [4.78, 5) is 16.6. The molecule has 0 saturated carbocycles. The van der Waals surface area contributed by atoms with Crippen LogP contribution in [-0.2, 0) is 10.0 Å². The highest BCUT2D eigenvalue weighted by atomic mass is 32.2. The van der Waals surface area contributed by atoms with E-state index in [0.717, 1.165) is 11.3 Å². The molecule has 3 rings (SSSR count). The summed E-state index contributed by atoms with van der Waals surface area (Å²) in [6, 6.07) is 10.1. The molecule has 0 aliphatic rings. The topological polar surface area (TPSA) is 106 Å². The second-order valence-corrected chi connectivity index (χ2v) is 7.82. The molecule has 3 aromatic rings. The fraction of sp³-hybridized carbons (Fsp3) is 0.167. The minimum atomic E-state index is -3.66. The lowest BCUT2D eigenvalue weighted by Crippen LogP contribution is -2.21. The van der Waals surface area contributed by atoms with Crippen molar-refractivity contribution < 1.29 is 13.2 Å². The molecule has 0 unspecified atom stereocenters. The van der Waals surface area contributed by atoms with Gasteiger partial charge in [0, 0.05) is 11.3 Å². The Morgan fingerprint density at radius 3 is 2.41 bits per heavy atom. The van der Waals surface area contributed by atoms with Gasteiger partial charge in [-0.2, -0.15) is 5.10 Å². The maximum absolute atomic E-state index is 12.6. The number of carbonyl (C=O) groups excluding carboxylic acids is 1. The molecule has 8 nitrogen and oxygen atoms in total. The molecule has 0 aliphatic carbocycles. The number of nitrogens with zero attached hydrogens (tertiary/aromatic N) is 3. The number of anilines is 1. The highest BCUT2D eigenvalue weighted by molar-refractivity contribution is 7.89. The predicted octanol–water partition coefficient (Wildman–Crippen LogP) is 2.04. The highest BCUT2D eigenvalue weighted by Gasteiger charge is 2.19. The van der Waals surface area contributed by atoms with Gasteiger partial charge in [-0.15, -0.1) is 0 Å². The second-order valence-electron chi connectivity index (χ2n) is 5.96. The maximum atomic E-state index is 12.6. The van der Waals surface area contributed by atoms with Gasteiger partial charge in [0.15, 0.2) is 0 Å². The van der Waals surface area contributed by atoms with Gasteiger partial charge in [-0.05, 0) is 68.4 Å². The summed E-state index contributed by atoms with van der Waals surface area (Å²) < 4.78 is 28.3. The van der Waals surface area contributed by atoms with Crippen molar-refractivity contribution >= 4 is 21.6 Å². The largest absolute Gasteiger partial charge is 0.322 e. The van der Waals surface area contributed by atoms with Crippen molar-refractivity contribution in [2.24, 2.45) is 0 Å². The predicted molar refractivity (Wildman–Crippen MR) is 101 cm³/mol. The van der Waals surface area contributed by atoms with Crippen molar-refractivity contribution in [3.63, 3.8) is 0 Å². The normalized spacial score (nSPS) is 11.4. The van der Waals surface area contributed by atoms with Crippen molar-refractivity contribution in [2.75, 3.05) is 12.4 Å². The minimum absolute atomic E-state index is 0.0941. The van der Waals surface area contributed by atoms with Crippen LogP contribution in [0.2, 0.25) is 0 Å². The van der Waals surface area contributed by atoms with E-state index < -0.39 is 10.0 Å². The van der Waals surface area contributed by atoms with E-state index in [1.807, 2.05) is 0 Å². The average molecular weight is 385 g/mol. The Balaban J connectivity index is 1.86. The van der Waals surface area contributed by atoms with Gasteiger partial charge in [-0.25, -0.2) is 22.8 Å². The van der Waals surface area contributed by atoms with E-state index in [4.69, 9.17) is 0 Å². The summed E-state index contributed by atoms with van der Waals surface area (Å²) in [6.45, 7) is 3.48. The monoisotopic (exact) mass is 385 g/mol. The maximum Gasteiger partial charge on any atom is 0.255 e. The number of hydrogen-bond donors (Lipinski definition) is 2. The Hall–Kier alpha value is -3.04. The quantitative estimate of drug-likeness (QED) is 0.699. The molecule has 1 heterocycles. The fourth-order valence-electron chi connectivity index (χ4n) is 2.59. The molecule has 1 amide bonds. The number of rotatable bonds is 5. The van der Waals surface area contributed by atoms with Crippen LogP contribution in [0.15, 0.2) is 53.9 Å². The van der Waals surface area contributed by atoms with Gasteiger partial charge in [-0.3, -0.25) is 4.79 Å². The van der Waals surface area contributed by atoms with Crippen molar-refractivity contribution in [1.29, 1.82) is 0 Å². The van der Waals surface area contributed by atoms with Crippen LogP contribution in [0.5, 0.6) is 0 Å². The molecule has 0 saturated heterocycles. The summed E-state index contributed by atoms with van der Waals surface area (Å²) in [7, 11) is -2.32. The van der Waals surface area contributed by atoms with Crippen LogP contribution < -0.4 is 10.0 Å². The van der Waals surface area contributed by atoms with Crippen LogP contribution in [-0.4, -0.2) is 36.1 Å². The van der Waals surface area contributed by atoms with Gasteiger partial charge in [0.1, 0.15) is 12.7 Å². The lowest BCUT2D eigenvalue weighted by Gasteiger charge is -2.12. The second kappa shape index (κ2) is 7.29. The number of sulfonamides is 1. The van der Waals surface area contributed by atoms with Crippen LogP contribution in [0.25, 0.3) is 5.69 Å². The van der Waals surface area contributed by atoms with Crippen LogP contribution in [0, 0.1) is 13.8 Å². The van der Waals surface area contributed by atoms with E-state index in [1.165, 1.54) is 19.4 Å². The van der Waals surface area contributed by atoms with Gasteiger partial charge in [-0.1, -0.05) is 0 Å². The molecule has 0 atom stereocenters. The molecule has 27 heavy (non-hydrogen) atoms. The molecular weight excluding hydrogens is 366 g/mol. The lowest BCUT2D eigenvalue weighted by atomic mass is 10.1. The summed E-state index contributed by atoms with van der Waals surface area (Å²) in [6.07, 6.45) is 3.01.